The average molecular weight is 302 g/mol. The number of primary amides is 1. The molecule has 22 heavy (non-hydrogen) atoms. The Balaban J connectivity index is 2.39. The number of rotatable bonds is 6. The van der Waals surface area contributed by atoms with Crippen molar-refractivity contribution in [3.63, 3.8) is 0 Å². The molecule has 0 radical (unpaired) electrons. The lowest BCUT2D eigenvalue weighted by molar-refractivity contribution is -0.118. The van der Waals surface area contributed by atoms with Crippen molar-refractivity contribution < 1.29 is 9.59 Å². The van der Waals surface area contributed by atoms with E-state index in [0.717, 1.165) is 12.8 Å². The van der Waals surface area contributed by atoms with Gasteiger partial charge < -0.3 is 10.6 Å². The zero-order chi connectivity index (χ0) is 16.1. The van der Waals surface area contributed by atoms with Crippen molar-refractivity contribution in [3.8, 4) is 0 Å². The molecule has 2 aromatic rings. The highest BCUT2D eigenvalue weighted by molar-refractivity contribution is 5.96. The predicted octanol–water partition coefficient (Wildman–Crippen LogP) is 0.422. The summed E-state index contributed by atoms with van der Waals surface area (Å²) >= 11 is 0. The van der Waals surface area contributed by atoms with Gasteiger partial charge in [0.15, 0.2) is 0 Å². The average Bonchev–Trinajstić information content (AvgIpc) is 2.51. The summed E-state index contributed by atoms with van der Waals surface area (Å²) < 4.78 is 1.30. The molecule has 2 N–H and O–H groups in total. The molecule has 0 aliphatic carbocycles. The monoisotopic (exact) mass is 302 g/mol. The first kappa shape index (κ1) is 15.7. The van der Waals surface area contributed by atoms with Crippen molar-refractivity contribution in [2.24, 2.45) is 5.73 Å². The third-order valence-corrected chi connectivity index (χ3v) is 3.26. The summed E-state index contributed by atoms with van der Waals surface area (Å²) in [5, 5.41) is 0. The van der Waals surface area contributed by atoms with Crippen LogP contribution >= 0.6 is 0 Å². The fraction of sp³-hybridized carbons (Fsp3) is 0.333. The third kappa shape index (κ3) is 3.30. The number of amides is 2. The smallest absolute Gasteiger partial charge is 0.270 e. The van der Waals surface area contributed by atoms with Gasteiger partial charge in [-0.15, -0.1) is 0 Å². The van der Waals surface area contributed by atoms with Crippen LogP contribution in [0.2, 0.25) is 0 Å². The number of nitrogens with zero attached hydrogens (tertiary/aromatic N) is 3. The van der Waals surface area contributed by atoms with Gasteiger partial charge in [0.1, 0.15) is 11.2 Å². The van der Waals surface area contributed by atoms with Gasteiger partial charge in [-0.2, -0.15) is 0 Å². The van der Waals surface area contributed by atoms with Crippen LogP contribution in [0.15, 0.2) is 35.4 Å². The summed E-state index contributed by atoms with van der Waals surface area (Å²) in [6, 6.07) is 5.11. The van der Waals surface area contributed by atoms with Crippen LogP contribution in [-0.2, 0) is 4.79 Å². The molecule has 2 aromatic heterocycles. The van der Waals surface area contributed by atoms with E-state index in [4.69, 9.17) is 5.73 Å². The lowest BCUT2D eigenvalue weighted by Gasteiger charge is -2.20. The van der Waals surface area contributed by atoms with E-state index in [1.165, 1.54) is 15.5 Å². The fourth-order valence-corrected chi connectivity index (χ4v) is 2.13. The number of pyridine rings is 1. The number of nitrogens with two attached hydrogens (primary N) is 1. The van der Waals surface area contributed by atoms with Crippen LogP contribution in [-0.4, -0.2) is 39.2 Å². The summed E-state index contributed by atoms with van der Waals surface area (Å²) in [5.41, 5.74) is 5.11. The van der Waals surface area contributed by atoms with Crippen molar-refractivity contribution in [3.05, 3.63) is 46.5 Å². The minimum absolute atomic E-state index is 0.0685. The molecule has 0 atom stereocenters. The van der Waals surface area contributed by atoms with E-state index in [0.29, 0.717) is 12.2 Å². The SMILES string of the molecule is CCCCN(CC(N)=O)C(=O)c1cnc2ccccn2c1=O. The van der Waals surface area contributed by atoms with E-state index in [2.05, 4.69) is 4.98 Å². The Bertz CT molecular complexity index is 754. The number of hydrogen-bond acceptors (Lipinski definition) is 4. The lowest BCUT2D eigenvalue weighted by Crippen LogP contribution is -2.41. The zero-order valence-electron chi connectivity index (χ0n) is 12.4. The number of aromatic nitrogens is 2. The van der Waals surface area contributed by atoms with Crippen LogP contribution < -0.4 is 11.3 Å². The number of carbonyl (C=O) groups excluding carboxylic acids is 2. The molecular formula is C15H18N4O3. The summed E-state index contributed by atoms with van der Waals surface area (Å²) in [5.74, 6) is -1.14. The molecule has 0 aromatic carbocycles. The van der Waals surface area contributed by atoms with Gasteiger partial charge in [0.05, 0.1) is 6.54 Å². The minimum Gasteiger partial charge on any atom is -0.368 e. The van der Waals surface area contributed by atoms with E-state index in [-0.39, 0.29) is 12.1 Å². The maximum atomic E-state index is 12.5. The van der Waals surface area contributed by atoms with E-state index >= 15 is 0 Å². The molecule has 0 unspecified atom stereocenters. The molecule has 2 amide bonds. The van der Waals surface area contributed by atoms with Gasteiger partial charge in [0, 0.05) is 18.9 Å². The first-order chi connectivity index (χ1) is 10.5. The normalized spacial score (nSPS) is 10.6. The molecular weight excluding hydrogens is 284 g/mol. The van der Waals surface area contributed by atoms with Gasteiger partial charge in [-0.05, 0) is 18.6 Å². The van der Waals surface area contributed by atoms with Crippen LogP contribution in [0, 0.1) is 0 Å². The number of carbonyl (C=O) groups is 2. The molecule has 2 rings (SSSR count). The highest BCUT2D eigenvalue weighted by Gasteiger charge is 2.21. The third-order valence-electron chi connectivity index (χ3n) is 3.26. The maximum absolute atomic E-state index is 12.5. The molecule has 0 saturated carbocycles. The Kier molecular flexibility index (Phi) is 4.88. The molecule has 7 nitrogen and oxygen atoms in total. The molecule has 0 fully saturated rings. The van der Waals surface area contributed by atoms with Gasteiger partial charge in [-0.25, -0.2) is 4.98 Å². The Labute approximate surface area is 127 Å². The fourth-order valence-electron chi connectivity index (χ4n) is 2.13. The largest absolute Gasteiger partial charge is 0.368 e. The molecule has 7 heteroatoms. The van der Waals surface area contributed by atoms with Gasteiger partial charge in [0.25, 0.3) is 11.5 Å². The standard InChI is InChI=1S/C15H18N4O3/c1-2-3-7-18(10-12(16)20)14(21)11-9-17-13-6-4-5-8-19(13)15(11)22/h4-6,8-9H,2-3,7,10H2,1H3,(H2,16,20). The molecule has 0 aliphatic rings. The quantitative estimate of drug-likeness (QED) is 0.836. The molecule has 116 valence electrons. The van der Waals surface area contributed by atoms with Crippen molar-refractivity contribution in [1.82, 2.24) is 14.3 Å². The second-order valence-electron chi connectivity index (χ2n) is 4.95. The zero-order valence-corrected chi connectivity index (χ0v) is 12.4. The Morgan fingerprint density at radius 2 is 2.14 bits per heavy atom. The highest BCUT2D eigenvalue weighted by Crippen LogP contribution is 2.04. The molecule has 0 saturated heterocycles. The number of hydrogen-bond donors (Lipinski definition) is 1. The van der Waals surface area contributed by atoms with Gasteiger partial charge >= 0.3 is 0 Å². The van der Waals surface area contributed by atoms with E-state index in [1.807, 2.05) is 6.92 Å². The van der Waals surface area contributed by atoms with Crippen molar-refractivity contribution in [2.75, 3.05) is 13.1 Å². The lowest BCUT2D eigenvalue weighted by atomic mass is 10.2. The van der Waals surface area contributed by atoms with Crippen molar-refractivity contribution in [2.45, 2.75) is 19.8 Å². The number of unbranched alkanes of at least 4 members (excludes halogenated alkanes) is 1. The summed E-state index contributed by atoms with van der Waals surface area (Å²) in [7, 11) is 0. The van der Waals surface area contributed by atoms with Crippen LogP contribution in [0.1, 0.15) is 30.1 Å². The topological polar surface area (TPSA) is 97.8 Å². The maximum Gasteiger partial charge on any atom is 0.270 e. The highest BCUT2D eigenvalue weighted by atomic mass is 16.2. The van der Waals surface area contributed by atoms with E-state index in [9.17, 15) is 14.4 Å². The van der Waals surface area contributed by atoms with E-state index in [1.54, 1.807) is 24.4 Å². The van der Waals surface area contributed by atoms with Crippen LogP contribution in [0.25, 0.3) is 5.65 Å². The molecule has 0 spiro atoms. The van der Waals surface area contributed by atoms with Crippen molar-refractivity contribution in [1.29, 1.82) is 0 Å². The minimum atomic E-state index is -0.613. The van der Waals surface area contributed by atoms with Crippen molar-refractivity contribution >= 4 is 17.5 Å². The number of fused-ring (bicyclic) bond motifs is 1. The van der Waals surface area contributed by atoms with Gasteiger partial charge in [-0.3, -0.25) is 18.8 Å². The van der Waals surface area contributed by atoms with Crippen LogP contribution in [0.3, 0.4) is 0 Å². The molecule has 0 bridgehead atoms. The van der Waals surface area contributed by atoms with Crippen LogP contribution in [0.5, 0.6) is 0 Å². The summed E-state index contributed by atoms with van der Waals surface area (Å²) in [6.45, 7) is 2.13. The predicted molar refractivity (Wildman–Crippen MR) is 81.5 cm³/mol. The van der Waals surface area contributed by atoms with Crippen LogP contribution in [0.4, 0.5) is 0 Å². The first-order valence-corrected chi connectivity index (χ1v) is 7.08. The Morgan fingerprint density at radius 3 is 2.82 bits per heavy atom. The summed E-state index contributed by atoms with van der Waals surface area (Å²) in [6.07, 6.45) is 4.38. The summed E-state index contributed by atoms with van der Waals surface area (Å²) in [4.78, 5) is 41.4. The second kappa shape index (κ2) is 6.84. The Morgan fingerprint density at radius 1 is 1.36 bits per heavy atom. The molecule has 2 heterocycles. The first-order valence-electron chi connectivity index (χ1n) is 7.08. The molecule has 0 aliphatic heterocycles. The second-order valence-corrected chi connectivity index (χ2v) is 4.95. The van der Waals surface area contributed by atoms with Gasteiger partial charge in [-0.1, -0.05) is 19.4 Å². The Hall–Kier alpha value is -2.70. The van der Waals surface area contributed by atoms with Gasteiger partial charge in [0.2, 0.25) is 5.91 Å². The van der Waals surface area contributed by atoms with E-state index < -0.39 is 17.4 Å².